The number of ether oxygens (including phenoxy) is 3. The normalized spacial score (nSPS) is 20.4. The maximum absolute atomic E-state index is 13.7. The van der Waals surface area contributed by atoms with Gasteiger partial charge in [0.1, 0.15) is 30.0 Å². The molecule has 2 aliphatic rings. The van der Waals surface area contributed by atoms with E-state index in [-0.39, 0.29) is 6.54 Å². The first-order valence-electron chi connectivity index (χ1n) is 12.7. The molecular weight excluding hydrogens is 518 g/mol. The minimum Gasteiger partial charge on any atom is -0.489 e. The van der Waals surface area contributed by atoms with Gasteiger partial charge in [-0.2, -0.15) is 0 Å². The smallest absolute Gasteiger partial charge is 0.415 e. The highest BCUT2D eigenvalue weighted by Gasteiger charge is 2.51. The van der Waals surface area contributed by atoms with Crippen LogP contribution in [0, 0.1) is 11.6 Å². The number of amides is 2. The van der Waals surface area contributed by atoms with Gasteiger partial charge in [-0.1, -0.05) is 42.5 Å². The molecule has 4 aromatic carbocycles. The molecule has 9 heteroatoms. The lowest BCUT2D eigenvalue weighted by atomic mass is 9.96. The van der Waals surface area contributed by atoms with Crippen molar-refractivity contribution in [2.24, 2.45) is 0 Å². The molecule has 6 rings (SSSR count). The molecule has 7 nitrogen and oxygen atoms in total. The van der Waals surface area contributed by atoms with Gasteiger partial charge in [-0.15, -0.1) is 0 Å². The predicted molar refractivity (Wildman–Crippen MR) is 143 cm³/mol. The van der Waals surface area contributed by atoms with Gasteiger partial charge in [0.05, 0.1) is 6.54 Å². The largest absolute Gasteiger partial charge is 0.489 e. The highest BCUT2D eigenvalue weighted by molar-refractivity contribution is 5.92. The van der Waals surface area contributed by atoms with Gasteiger partial charge in [0.15, 0.2) is 12.2 Å². The van der Waals surface area contributed by atoms with E-state index in [1.54, 1.807) is 12.1 Å². The molecule has 2 saturated heterocycles. The molecule has 202 valence electrons. The van der Waals surface area contributed by atoms with Crippen LogP contribution in [-0.2, 0) is 16.1 Å². The van der Waals surface area contributed by atoms with Gasteiger partial charge < -0.3 is 14.2 Å². The topological polar surface area (TPSA) is 68.3 Å². The van der Waals surface area contributed by atoms with Crippen LogP contribution in [0.4, 0.5) is 29.7 Å². The Balaban J connectivity index is 1.28. The molecular formula is C31H24F2N2O5. The van der Waals surface area contributed by atoms with Crippen LogP contribution in [-0.4, -0.2) is 30.9 Å². The first kappa shape index (κ1) is 25.4. The zero-order chi connectivity index (χ0) is 27.6. The quantitative estimate of drug-likeness (QED) is 0.262. The predicted octanol–water partition coefficient (Wildman–Crippen LogP) is 6.64. The fraction of sp³-hybridized carbons (Fsp3) is 0.161. The molecule has 2 aliphatic heterocycles. The van der Waals surface area contributed by atoms with E-state index in [9.17, 15) is 18.4 Å². The summed E-state index contributed by atoms with van der Waals surface area (Å²) in [5.74, 6) is -0.231. The van der Waals surface area contributed by atoms with E-state index in [0.29, 0.717) is 29.3 Å². The summed E-state index contributed by atoms with van der Waals surface area (Å²) >= 11 is 0. The standard InChI is InChI=1S/C31H24F2N2O5/c32-22-8-12-24(13-9-22)34-18-27(39-30(34)36)29-28(35(31(37)40-29)25-14-10-23(33)11-15-25)21-6-16-26(17-7-21)38-19-20-4-2-1-3-5-20/h1-17,27-29H,18-19H2/t27-,28?,29-/m1/s1. The molecule has 1 unspecified atom stereocenters. The molecule has 0 saturated carbocycles. The average Bonchev–Trinajstić information content (AvgIpc) is 3.53. The van der Waals surface area contributed by atoms with Gasteiger partial charge in [-0.3, -0.25) is 9.80 Å². The van der Waals surface area contributed by atoms with Crippen molar-refractivity contribution in [2.75, 3.05) is 16.3 Å². The zero-order valence-corrected chi connectivity index (χ0v) is 21.2. The molecule has 0 spiro atoms. The molecule has 0 bridgehead atoms. The van der Waals surface area contributed by atoms with Crippen LogP contribution in [0.15, 0.2) is 103 Å². The van der Waals surface area contributed by atoms with Gasteiger partial charge in [-0.05, 0) is 71.8 Å². The number of cyclic esters (lactones) is 2. The Kier molecular flexibility index (Phi) is 6.77. The van der Waals surface area contributed by atoms with Crippen molar-refractivity contribution in [1.29, 1.82) is 0 Å². The van der Waals surface area contributed by atoms with Gasteiger partial charge >= 0.3 is 12.2 Å². The molecule has 0 aliphatic carbocycles. The molecule has 0 radical (unpaired) electrons. The van der Waals surface area contributed by atoms with Crippen LogP contribution in [0.5, 0.6) is 5.75 Å². The highest BCUT2D eigenvalue weighted by Crippen LogP contribution is 2.41. The summed E-state index contributed by atoms with van der Waals surface area (Å²) in [4.78, 5) is 28.8. The minimum atomic E-state index is -0.872. The highest BCUT2D eigenvalue weighted by atomic mass is 19.1. The Labute approximate surface area is 229 Å². The summed E-state index contributed by atoms with van der Waals surface area (Å²) < 4.78 is 44.5. The van der Waals surface area contributed by atoms with Crippen molar-refractivity contribution >= 4 is 23.6 Å². The number of halogens is 2. The zero-order valence-electron chi connectivity index (χ0n) is 21.2. The number of nitrogens with zero attached hydrogens (tertiary/aromatic N) is 2. The second kappa shape index (κ2) is 10.7. The summed E-state index contributed by atoms with van der Waals surface area (Å²) in [7, 11) is 0. The third-order valence-corrected chi connectivity index (χ3v) is 6.94. The van der Waals surface area contributed by atoms with Crippen LogP contribution < -0.4 is 14.5 Å². The number of carbonyl (C=O) groups excluding carboxylic acids is 2. The van der Waals surface area contributed by atoms with Crippen molar-refractivity contribution in [3.8, 4) is 5.75 Å². The summed E-state index contributed by atoms with van der Waals surface area (Å²) in [6.07, 6.45) is -2.97. The number of carbonyl (C=O) groups is 2. The maximum atomic E-state index is 13.7. The minimum absolute atomic E-state index is 0.0917. The second-order valence-electron chi connectivity index (χ2n) is 9.49. The van der Waals surface area contributed by atoms with Crippen molar-refractivity contribution in [3.05, 3.63) is 126 Å². The Hall–Kier alpha value is -4.92. The van der Waals surface area contributed by atoms with Crippen molar-refractivity contribution in [3.63, 3.8) is 0 Å². The van der Waals surface area contributed by atoms with Crippen LogP contribution in [0.3, 0.4) is 0 Å². The van der Waals surface area contributed by atoms with Crippen molar-refractivity contribution in [1.82, 2.24) is 0 Å². The van der Waals surface area contributed by atoms with Crippen LogP contribution in [0.25, 0.3) is 0 Å². The first-order valence-corrected chi connectivity index (χ1v) is 12.7. The van der Waals surface area contributed by atoms with E-state index in [2.05, 4.69) is 0 Å². The van der Waals surface area contributed by atoms with E-state index < -0.39 is 42.1 Å². The maximum Gasteiger partial charge on any atom is 0.415 e. The molecule has 0 N–H and O–H groups in total. The Morgan fingerprint density at radius 1 is 0.725 bits per heavy atom. The SMILES string of the molecule is O=C1O[C@@H]([C@H]2OC(=O)N(c3ccc(F)cc3)C2c2ccc(OCc3ccccc3)cc2)CN1c1ccc(F)cc1. The lowest BCUT2D eigenvalue weighted by Gasteiger charge is -2.27. The third-order valence-electron chi connectivity index (χ3n) is 6.94. The summed E-state index contributed by atoms with van der Waals surface area (Å²) in [6.45, 7) is 0.487. The number of hydrogen-bond donors (Lipinski definition) is 0. The van der Waals surface area contributed by atoms with Crippen molar-refractivity contribution in [2.45, 2.75) is 24.9 Å². The Morgan fingerprint density at radius 2 is 1.35 bits per heavy atom. The lowest BCUT2D eigenvalue weighted by Crippen LogP contribution is -2.37. The second-order valence-corrected chi connectivity index (χ2v) is 9.49. The van der Waals surface area contributed by atoms with Crippen molar-refractivity contribution < 1.29 is 32.6 Å². The van der Waals surface area contributed by atoms with Gasteiger partial charge in [0, 0.05) is 11.4 Å². The van der Waals surface area contributed by atoms with Gasteiger partial charge in [-0.25, -0.2) is 18.4 Å². The van der Waals surface area contributed by atoms with Crippen LogP contribution in [0.2, 0.25) is 0 Å². The van der Waals surface area contributed by atoms with E-state index in [1.807, 2.05) is 42.5 Å². The number of hydrogen-bond acceptors (Lipinski definition) is 5. The summed E-state index contributed by atoms with van der Waals surface area (Å²) in [5.41, 5.74) is 2.63. The van der Waals surface area contributed by atoms with E-state index in [1.165, 1.54) is 58.3 Å². The molecule has 4 aromatic rings. The Morgan fingerprint density at radius 3 is 2.00 bits per heavy atom. The average molecular weight is 543 g/mol. The number of anilines is 2. The van der Waals surface area contributed by atoms with E-state index in [0.717, 1.165) is 5.56 Å². The fourth-order valence-corrected chi connectivity index (χ4v) is 4.97. The van der Waals surface area contributed by atoms with Gasteiger partial charge in [0.25, 0.3) is 0 Å². The summed E-state index contributed by atoms with van der Waals surface area (Å²) in [6, 6.07) is 27.3. The number of rotatable bonds is 7. The van der Waals surface area contributed by atoms with Gasteiger partial charge in [0.2, 0.25) is 0 Å². The first-order chi connectivity index (χ1) is 19.5. The molecule has 3 atom stereocenters. The fourth-order valence-electron chi connectivity index (χ4n) is 4.97. The summed E-state index contributed by atoms with van der Waals surface area (Å²) in [5, 5.41) is 0. The lowest BCUT2D eigenvalue weighted by molar-refractivity contribution is 0.0309. The third kappa shape index (κ3) is 5.05. The molecule has 0 aromatic heterocycles. The molecule has 2 fully saturated rings. The Bertz CT molecular complexity index is 1500. The monoisotopic (exact) mass is 542 g/mol. The molecule has 2 heterocycles. The number of benzene rings is 4. The van der Waals surface area contributed by atoms with Crippen LogP contribution >= 0.6 is 0 Å². The van der Waals surface area contributed by atoms with E-state index >= 15 is 0 Å². The van der Waals surface area contributed by atoms with E-state index in [4.69, 9.17) is 14.2 Å². The molecule has 2 amide bonds. The molecule has 40 heavy (non-hydrogen) atoms. The van der Waals surface area contributed by atoms with Crippen LogP contribution in [0.1, 0.15) is 17.2 Å².